The van der Waals surface area contributed by atoms with Crippen LogP contribution in [0, 0.1) is 0 Å². The van der Waals surface area contributed by atoms with Gasteiger partial charge in [-0.1, -0.05) is 18.2 Å². The SMILES string of the molecule is CN1CCCN(C(=O)c2ccc(NS(=O)(=O)c3ccccc3)cc2)CC1. The lowest BCUT2D eigenvalue weighted by atomic mass is 10.2. The number of likely N-dealkylation sites (N-methyl/N-ethyl adjacent to an activating group) is 1. The maximum atomic E-state index is 12.6. The van der Waals surface area contributed by atoms with Crippen molar-refractivity contribution in [1.82, 2.24) is 9.80 Å². The number of anilines is 1. The molecule has 0 radical (unpaired) electrons. The summed E-state index contributed by atoms with van der Waals surface area (Å²) >= 11 is 0. The molecule has 7 heteroatoms. The van der Waals surface area contributed by atoms with Gasteiger partial charge in [0.25, 0.3) is 15.9 Å². The first-order chi connectivity index (χ1) is 12.5. The summed E-state index contributed by atoms with van der Waals surface area (Å²) in [7, 11) is -1.57. The number of carbonyl (C=O) groups excluding carboxylic acids is 1. The molecular formula is C19H23N3O3S. The summed E-state index contributed by atoms with van der Waals surface area (Å²) in [4.78, 5) is 16.9. The van der Waals surface area contributed by atoms with Gasteiger partial charge < -0.3 is 9.80 Å². The number of benzene rings is 2. The van der Waals surface area contributed by atoms with Gasteiger partial charge in [-0.25, -0.2) is 8.42 Å². The zero-order valence-electron chi connectivity index (χ0n) is 14.8. The molecule has 138 valence electrons. The monoisotopic (exact) mass is 373 g/mol. The van der Waals surface area contributed by atoms with Crippen molar-refractivity contribution >= 4 is 21.6 Å². The molecule has 0 aliphatic carbocycles. The van der Waals surface area contributed by atoms with Crippen LogP contribution < -0.4 is 4.72 Å². The maximum Gasteiger partial charge on any atom is 0.261 e. The summed E-state index contributed by atoms with van der Waals surface area (Å²) < 4.78 is 27.2. The van der Waals surface area contributed by atoms with E-state index in [0.29, 0.717) is 17.8 Å². The van der Waals surface area contributed by atoms with Gasteiger partial charge in [0.2, 0.25) is 0 Å². The molecule has 0 aromatic heterocycles. The Labute approximate surface area is 154 Å². The van der Waals surface area contributed by atoms with Gasteiger partial charge in [0, 0.05) is 30.9 Å². The van der Waals surface area contributed by atoms with Gasteiger partial charge in [-0.15, -0.1) is 0 Å². The highest BCUT2D eigenvalue weighted by Gasteiger charge is 2.19. The predicted octanol–water partition coefficient (Wildman–Crippen LogP) is 2.27. The molecule has 0 unspecified atom stereocenters. The van der Waals surface area contributed by atoms with Crippen molar-refractivity contribution in [2.45, 2.75) is 11.3 Å². The van der Waals surface area contributed by atoms with Gasteiger partial charge in [0.1, 0.15) is 0 Å². The molecule has 1 saturated heterocycles. The van der Waals surface area contributed by atoms with Crippen LogP contribution in [0.25, 0.3) is 0 Å². The first-order valence-corrected chi connectivity index (χ1v) is 10.1. The zero-order chi connectivity index (χ0) is 18.6. The van der Waals surface area contributed by atoms with E-state index >= 15 is 0 Å². The molecule has 26 heavy (non-hydrogen) atoms. The van der Waals surface area contributed by atoms with Crippen molar-refractivity contribution in [1.29, 1.82) is 0 Å². The number of hydrogen-bond acceptors (Lipinski definition) is 4. The molecule has 3 rings (SSSR count). The largest absolute Gasteiger partial charge is 0.337 e. The Morgan fingerprint density at radius 3 is 2.31 bits per heavy atom. The van der Waals surface area contributed by atoms with Crippen molar-refractivity contribution in [2.75, 3.05) is 37.9 Å². The van der Waals surface area contributed by atoms with E-state index in [9.17, 15) is 13.2 Å². The fraction of sp³-hybridized carbons (Fsp3) is 0.316. The second kappa shape index (κ2) is 7.88. The van der Waals surface area contributed by atoms with E-state index in [-0.39, 0.29) is 10.8 Å². The highest BCUT2D eigenvalue weighted by atomic mass is 32.2. The van der Waals surface area contributed by atoms with Crippen molar-refractivity contribution in [3.05, 3.63) is 60.2 Å². The van der Waals surface area contributed by atoms with Crippen LogP contribution in [0.5, 0.6) is 0 Å². The van der Waals surface area contributed by atoms with Crippen molar-refractivity contribution < 1.29 is 13.2 Å². The topological polar surface area (TPSA) is 69.7 Å². The highest BCUT2D eigenvalue weighted by molar-refractivity contribution is 7.92. The average Bonchev–Trinajstić information content (AvgIpc) is 2.87. The van der Waals surface area contributed by atoms with Crippen LogP contribution in [-0.2, 0) is 10.0 Å². The molecule has 0 spiro atoms. The summed E-state index contributed by atoms with van der Waals surface area (Å²) in [6, 6.07) is 14.8. The van der Waals surface area contributed by atoms with Crippen molar-refractivity contribution in [3.63, 3.8) is 0 Å². The van der Waals surface area contributed by atoms with Gasteiger partial charge >= 0.3 is 0 Å². The third-order valence-electron chi connectivity index (χ3n) is 4.44. The first kappa shape index (κ1) is 18.4. The summed E-state index contributed by atoms with van der Waals surface area (Å²) in [6.45, 7) is 3.30. The number of carbonyl (C=O) groups is 1. The minimum atomic E-state index is -3.63. The van der Waals surface area contributed by atoms with Crippen LogP contribution in [0.2, 0.25) is 0 Å². The van der Waals surface area contributed by atoms with Crippen LogP contribution >= 0.6 is 0 Å². The van der Waals surface area contributed by atoms with E-state index in [1.807, 2.05) is 4.90 Å². The van der Waals surface area contributed by atoms with E-state index in [1.54, 1.807) is 42.5 Å². The molecule has 1 N–H and O–H groups in total. The zero-order valence-corrected chi connectivity index (χ0v) is 15.6. The second-order valence-electron chi connectivity index (χ2n) is 6.44. The van der Waals surface area contributed by atoms with Crippen LogP contribution in [-0.4, -0.2) is 57.4 Å². The Morgan fingerprint density at radius 1 is 0.923 bits per heavy atom. The lowest BCUT2D eigenvalue weighted by Crippen LogP contribution is -2.34. The molecule has 1 heterocycles. The molecule has 1 amide bonds. The summed E-state index contributed by atoms with van der Waals surface area (Å²) in [5, 5.41) is 0. The fourth-order valence-corrected chi connectivity index (χ4v) is 4.01. The summed E-state index contributed by atoms with van der Waals surface area (Å²) in [6.07, 6.45) is 0.956. The number of nitrogens with one attached hydrogen (secondary N) is 1. The first-order valence-electron chi connectivity index (χ1n) is 8.61. The second-order valence-corrected chi connectivity index (χ2v) is 8.13. The number of nitrogens with zero attached hydrogens (tertiary/aromatic N) is 2. The molecule has 0 saturated carbocycles. The van der Waals surface area contributed by atoms with E-state index in [0.717, 1.165) is 26.1 Å². The number of rotatable bonds is 4. The smallest absolute Gasteiger partial charge is 0.261 e. The quantitative estimate of drug-likeness (QED) is 0.893. The normalized spacial score (nSPS) is 16.1. The summed E-state index contributed by atoms with van der Waals surface area (Å²) in [5.74, 6) is -0.0160. The standard InChI is InChI=1S/C19H23N3O3S/c1-21-12-5-13-22(15-14-21)19(23)16-8-10-17(11-9-16)20-26(24,25)18-6-3-2-4-7-18/h2-4,6-11,20H,5,12-15H2,1H3. The van der Waals surface area contributed by atoms with Crippen LogP contribution in [0.4, 0.5) is 5.69 Å². The molecule has 2 aromatic rings. The lowest BCUT2D eigenvalue weighted by molar-refractivity contribution is 0.0763. The maximum absolute atomic E-state index is 12.6. The molecule has 1 aliphatic heterocycles. The van der Waals surface area contributed by atoms with Gasteiger partial charge in [-0.2, -0.15) is 0 Å². The van der Waals surface area contributed by atoms with Gasteiger partial charge in [-0.05, 0) is 56.4 Å². The van der Waals surface area contributed by atoms with Gasteiger partial charge in [0.05, 0.1) is 4.90 Å². The van der Waals surface area contributed by atoms with Crippen molar-refractivity contribution in [3.8, 4) is 0 Å². The van der Waals surface area contributed by atoms with Crippen molar-refractivity contribution in [2.24, 2.45) is 0 Å². The molecule has 0 atom stereocenters. The van der Waals surface area contributed by atoms with Crippen LogP contribution in [0.3, 0.4) is 0 Å². The van der Waals surface area contributed by atoms with Gasteiger partial charge in [0.15, 0.2) is 0 Å². The Kier molecular flexibility index (Phi) is 5.58. The molecule has 0 bridgehead atoms. The number of sulfonamides is 1. The third kappa shape index (κ3) is 4.42. The molecular weight excluding hydrogens is 350 g/mol. The predicted molar refractivity (Wildman–Crippen MR) is 102 cm³/mol. The minimum absolute atomic E-state index is 0.0160. The van der Waals surface area contributed by atoms with Gasteiger partial charge in [-0.3, -0.25) is 9.52 Å². The number of amides is 1. The molecule has 1 aliphatic rings. The molecule has 6 nitrogen and oxygen atoms in total. The lowest BCUT2D eigenvalue weighted by Gasteiger charge is -2.20. The minimum Gasteiger partial charge on any atom is -0.337 e. The van der Waals surface area contributed by atoms with E-state index in [1.165, 1.54) is 12.1 Å². The third-order valence-corrected chi connectivity index (χ3v) is 5.84. The average molecular weight is 373 g/mol. The van der Waals surface area contributed by atoms with E-state index in [2.05, 4.69) is 16.7 Å². The van der Waals surface area contributed by atoms with Crippen LogP contribution in [0.1, 0.15) is 16.8 Å². The van der Waals surface area contributed by atoms with Crippen LogP contribution in [0.15, 0.2) is 59.5 Å². The Hall–Kier alpha value is -2.38. The Bertz CT molecular complexity index is 851. The van der Waals surface area contributed by atoms with E-state index in [4.69, 9.17) is 0 Å². The number of hydrogen-bond donors (Lipinski definition) is 1. The highest BCUT2D eigenvalue weighted by Crippen LogP contribution is 2.17. The Balaban J connectivity index is 1.69. The molecule has 2 aromatic carbocycles. The fourth-order valence-electron chi connectivity index (χ4n) is 2.93. The Morgan fingerprint density at radius 2 is 1.62 bits per heavy atom. The molecule has 1 fully saturated rings. The summed E-state index contributed by atoms with van der Waals surface area (Å²) in [5.41, 5.74) is 0.998. The van der Waals surface area contributed by atoms with E-state index < -0.39 is 10.0 Å².